The van der Waals surface area contributed by atoms with E-state index in [0.29, 0.717) is 29.9 Å². The summed E-state index contributed by atoms with van der Waals surface area (Å²) in [6, 6.07) is 23.1. The highest BCUT2D eigenvalue weighted by atomic mass is 16.2. The summed E-state index contributed by atoms with van der Waals surface area (Å²) in [5.74, 6) is -0.263. The van der Waals surface area contributed by atoms with E-state index in [-0.39, 0.29) is 11.8 Å². The van der Waals surface area contributed by atoms with Gasteiger partial charge in [0.05, 0.1) is 11.3 Å². The Hall–Kier alpha value is -3.60. The van der Waals surface area contributed by atoms with Gasteiger partial charge >= 0.3 is 0 Å². The SMILES string of the molecule is Cc1ccc(C(=O)Nc2ccccc2C(=O)N2CCN(c3ccccc3)CC2)cc1C. The number of anilines is 2. The van der Waals surface area contributed by atoms with E-state index < -0.39 is 0 Å². The summed E-state index contributed by atoms with van der Waals surface area (Å²) in [6.07, 6.45) is 0. The highest BCUT2D eigenvalue weighted by molar-refractivity contribution is 6.09. The van der Waals surface area contributed by atoms with Crippen molar-refractivity contribution in [2.24, 2.45) is 0 Å². The Morgan fingerprint density at radius 1 is 0.774 bits per heavy atom. The first kappa shape index (κ1) is 20.7. The van der Waals surface area contributed by atoms with Crippen molar-refractivity contribution in [3.05, 3.63) is 95.1 Å². The summed E-state index contributed by atoms with van der Waals surface area (Å²) in [5.41, 5.74) is 5.03. The molecule has 5 heteroatoms. The van der Waals surface area contributed by atoms with Crippen LogP contribution in [-0.4, -0.2) is 42.9 Å². The van der Waals surface area contributed by atoms with Gasteiger partial charge in [-0.25, -0.2) is 0 Å². The predicted octanol–water partition coefficient (Wildman–Crippen LogP) is 4.52. The molecule has 31 heavy (non-hydrogen) atoms. The maximum absolute atomic E-state index is 13.2. The lowest BCUT2D eigenvalue weighted by Crippen LogP contribution is -2.48. The van der Waals surface area contributed by atoms with Gasteiger partial charge in [-0.2, -0.15) is 0 Å². The molecule has 0 aliphatic carbocycles. The van der Waals surface area contributed by atoms with E-state index in [0.717, 1.165) is 24.2 Å². The number of carbonyl (C=O) groups is 2. The zero-order chi connectivity index (χ0) is 21.8. The molecular formula is C26H27N3O2. The fraction of sp³-hybridized carbons (Fsp3) is 0.231. The molecule has 0 radical (unpaired) electrons. The van der Waals surface area contributed by atoms with Crippen LogP contribution in [0.1, 0.15) is 31.8 Å². The van der Waals surface area contributed by atoms with Crippen molar-refractivity contribution in [1.29, 1.82) is 0 Å². The van der Waals surface area contributed by atoms with Crippen LogP contribution in [0.25, 0.3) is 0 Å². The van der Waals surface area contributed by atoms with Gasteiger partial charge in [-0.05, 0) is 61.4 Å². The molecule has 1 fully saturated rings. The Bertz CT molecular complexity index is 1090. The van der Waals surface area contributed by atoms with Crippen molar-refractivity contribution in [2.45, 2.75) is 13.8 Å². The first-order valence-electron chi connectivity index (χ1n) is 10.6. The van der Waals surface area contributed by atoms with Crippen LogP contribution >= 0.6 is 0 Å². The number of nitrogens with zero attached hydrogens (tertiary/aromatic N) is 2. The summed E-state index contributed by atoms with van der Waals surface area (Å²) in [5, 5.41) is 2.93. The summed E-state index contributed by atoms with van der Waals surface area (Å²) < 4.78 is 0. The van der Waals surface area contributed by atoms with Crippen LogP contribution in [0, 0.1) is 13.8 Å². The number of aryl methyl sites for hydroxylation is 2. The zero-order valence-electron chi connectivity index (χ0n) is 18.0. The second-order valence-electron chi connectivity index (χ2n) is 7.91. The minimum Gasteiger partial charge on any atom is -0.368 e. The molecule has 2 amide bonds. The maximum atomic E-state index is 13.2. The molecule has 0 unspecified atom stereocenters. The zero-order valence-corrected chi connectivity index (χ0v) is 18.0. The highest BCUT2D eigenvalue weighted by Crippen LogP contribution is 2.21. The normalized spacial score (nSPS) is 13.7. The lowest BCUT2D eigenvalue weighted by atomic mass is 10.1. The van der Waals surface area contributed by atoms with E-state index in [9.17, 15) is 9.59 Å². The van der Waals surface area contributed by atoms with Crippen LogP contribution in [-0.2, 0) is 0 Å². The minimum absolute atomic E-state index is 0.0521. The molecule has 4 rings (SSSR count). The van der Waals surface area contributed by atoms with E-state index in [2.05, 4.69) is 22.3 Å². The van der Waals surface area contributed by atoms with Crippen LogP contribution in [0.2, 0.25) is 0 Å². The van der Waals surface area contributed by atoms with Crippen LogP contribution in [0.5, 0.6) is 0 Å². The Morgan fingerprint density at radius 2 is 1.45 bits per heavy atom. The standard InChI is InChI=1S/C26H27N3O2/c1-19-12-13-21(18-20(19)2)25(30)27-24-11-7-6-10-23(24)26(31)29-16-14-28(15-17-29)22-8-4-3-5-9-22/h3-13,18H,14-17H2,1-2H3,(H,27,30). The first-order valence-corrected chi connectivity index (χ1v) is 10.6. The summed E-state index contributed by atoms with van der Waals surface area (Å²) in [4.78, 5) is 30.2. The molecule has 1 aliphatic heterocycles. The molecule has 0 saturated carbocycles. The smallest absolute Gasteiger partial charge is 0.256 e. The molecule has 1 heterocycles. The number of piperazine rings is 1. The molecule has 1 aliphatic rings. The average Bonchev–Trinajstić information content (AvgIpc) is 2.81. The fourth-order valence-electron chi connectivity index (χ4n) is 3.83. The maximum Gasteiger partial charge on any atom is 0.256 e. The van der Waals surface area contributed by atoms with E-state index in [1.807, 2.05) is 67.3 Å². The number of amides is 2. The van der Waals surface area contributed by atoms with E-state index in [1.54, 1.807) is 12.1 Å². The topological polar surface area (TPSA) is 52.7 Å². The van der Waals surface area contributed by atoms with E-state index >= 15 is 0 Å². The lowest BCUT2D eigenvalue weighted by Gasteiger charge is -2.36. The Kier molecular flexibility index (Phi) is 6.03. The molecule has 0 spiro atoms. The second-order valence-corrected chi connectivity index (χ2v) is 7.91. The number of nitrogens with one attached hydrogen (secondary N) is 1. The van der Waals surface area contributed by atoms with Crippen molar-refractivity contribution in [2.75, 3.05) is 36.4 Å². The molecule has 3 aromatic carbocycles. The lowest BCUT2D eigenvalue weighted by molar-refractivity contribution is 0.0748. The third kappa shape index (κ3) is 4.61. The predicted molar refractivity (Wildman–Crippen MR) is 125 cm³/mol. The van der Waals surface area contributed by atoms with Gasteiger partial charge in [0.15, 0.2) is 0 Å². The van der Waals surface area contributed by atoms with Gasteiger partial charge in [0.1, 0.15) is 0 Å². The van der Waals surface area contributed by atoms with Crippen molar-refractivity contribution in [1.82, 2.24) is 4.90 Å². The first-order chi connectivity index (χ1) is 15.0. The van der Waals surface area contributed by atoms with Crippen molar-refractivity contribution >= 4 is 23.2 Å². The molecule has 158 valence electrons. The second kappa shape index (κ2) is 9.04. The summed E-state index contributed by atoms with van der Waals surface area (Å²) in [7, 11) is 0. The van der Waals surface area contributed by atoms with Gasteiger partial charge in [-0.1, -0.05) is 36.4 Å². The van der Waals surface area contributed by atoms with E-state index in [1.165, 1.54) is 5.69 Å². The van der Waals surface area contributed by atoms with E-state index in [4.69, 9.17) is 0 Å². The molecule has 1 saturated heterocycles. The van der Waals surface area contributed by atoms with Gasteiger partial charge in [0, 0.05) is 37.4 Å². The minimum atomic E-state index is -0.211. The number of rotatable bonds is 4. The molecule has 5 nitrogen and oxygen atoms in total. The monoisotopic (exact) mass is 413 g/mol. The van der Waals surface area contributed by atoms with Gasteiger partial charge in [0.25, 0.3) is 11.8 Å². The third-order valence-electron chi connectivity index (χ3n) is 5.86. The average molecular weight is 414 g/mol. The summed E-state index contributed by atoms with van der Waals surface area (Å²) in [6.45, 7) is 6.86. The van der Waals surface area contributed by atoms with Crippen LogP contribution < -0.4 is 10.2 Å². The van der Waals surface area contributed by atoms with Gasteiger partial charge in [0.2, 0.25) is 0 Å². The van der Waals surface area contributed by atoms with Gasteiger partial charge in [-0.15, -0.1) is 0 Å². The van der Waals surface area contributed by atoms with Crippen LogP contribution in [0.4, 0.5) is 11.4 Å². The Morgan fingerprint density at radius 3 is 2.16 bits per heavy atom. The van der Waals surface area contributed by atoms with Crippen LogP contribution in [0.3, 0.4) is 0 Å². The van der Waals surface area contributed by atoms with Crippen molar-refractivity contribution < 1.29 is 9.59 Å². The molecule has 0 aromatic heterocycles. The van der Waals surface area contributed by atoms with Gasteiger partial charge < -0.3 is 15.1 Å². The van der Waals surface area contributed by atoms with Gasteiger partial charge in [-0.3, -0.25) is 9.59 Å². The molecular weight excluding hydrogens is 386 g/mol. The van der Waals surface area contributed by atoms with Crippen molar-refractivity contribution in [3.63, 3.8) is 0 Å². The Labute approximate surface area is 183 Å². The third-order valence-corrected chi connectivity index (χ3v) is 5.86. The quantitative estimate of drug-likeness (QED) is 0.684. The van der Waals surface area contributed by atoms with Crippen molar-refractivity contribution in [3.8, 4) is 0 Å². The number of carbonyl (C=O) groups excluding carboxylic acids is 2. The Balaban J connectivity index is 1.46. The number of hydrogen-bond donors (Lipinski definition) is 1. The number of para-hydroxylation sites is 2. The largest absolute Gasteiger partial charge is 0.368 e. The fourth-order valence-corrected chi connectivity index (χ4v) is 3.83. The summed E-state index contributed by atoms with van der Waals surface area (Å²) >= 11 is 0. The molecule has 1 N–H and O–H groups in total. The highest BCUT2D eigenvalue weighted by Gasteiger charge is 2.24. The molecule has 3 aromatic rings. The number of benzene rings is 3. The molecule has 0 atom stereocenters. The number of hydrogen-bond acceptors (Lipinski definition) is 3. The van der Waals surface area contributed by atoms with Crippen LogP contribution in [0.15, 0.2) is 72.8 Å². The molecule has 0 bridgehead atoms.